The Morgan fingerprint density at radius 1 is 1.04 bits per heavy atom. The maximum Gasteiger partial charge on any atom is 0.225 e. The number of likely N-dealkylation sites (tertiary alicyclic amines) is 1. The van der Waals surface area contributed by atoms with Crippen molar-refractivity contribution in [2.45, 2.75) is 91.0 Å². The van der Waals surface area contributed by atoms with E-state index in [2.05, 4.69) is 58.0 Å². The van der Waals surface area contributed by atoms with Crippen LogP contribution in [0.1, 0.15) is 80.1 Å². The molecule has 0 aromatic rings. The highest BCUT2D eigenvalue weighted by Crippen LogP contribution is 2.46. The third-order valence-electron chi connectivity index (χ3n) is 7.13. The predicted octanol–water partition coefficient (Wildman–Crippen LogP) is 4.91. The monoisotopic (exact) mass is 368 g/mol. The first-order chi connectivity index (χ1) is 11.5. The molecule has 1 heterocycles. The predicted molar refractivity (Wildman–Crippen MR) is 110 cm³/mol. The molecule has 1 aliphatic carbocycles. The van der Waals surface area contributed by atoms with Crippen LogP contribution in [0, 0.1) is 16.7 Å². The summed E-state index contributed by atoms with van der Waals surface area (Å²) in [6, 6.07) is 0.567. The summed E-state index contributed by atoms with van der Waals surface area (Å²) in [6.07, 6.45) is 8.80. The summed E-state index contributed by atoms with van der Waals surface area (Å²) < 4.78 is 0. The van der Waals surface area contributed by atoms with Gasteiger partial charge in [0.25, 0.3) is 0 Å². The topological polar surface area (TPSA) is 32.3 Å². The molecule has 4 heteroatoms. The van der Waals surface area contributed by atoms with E-state index in [-0.39, 0.29) is 10.8 Å². The van der Waals surface area contributed by atoms with Gasteiger partial charge in [-0.1, -0.05) is 27.7 Å². The fraction of sp³-hybridized carbons (Fsp3) is 0.952. The van der Waals surface area contributed by atoms with Crippen molar-refractivity contribution in [2.75, 3.05) is 19.3 Å². The number of piperidine rings is 1. The lowest BCUT2D eigenvalue weighted by Crippen LogP contribution is -2.50. The van der Waals surface area contributed by atoms with Crippen LogP contribution in [0.2, 0.25) is 0 Å². The molecule has 2 rings (SSSR count). The summed E-state index contributed by atoms with van der Waals surface area (Å²) in [5.74, 6) is 0.688. The Morgan fingerprint density at radius 3 is 2.00 bits per heavy atom. The molecule has 1 saturated carbocycles. The van der Waals surface area contributed by atoms with Crippen molar-refractivity contribution in [1.82, 2.24) is 10.2 Å². The highest BCUT2D eigenvalue weighted by molar-refractivity contribution is 7.99. The van der Waals surface area contributed by atoms with Gasteiger partial charge < -0.3 is 10.2 Å². The molecule has 0 aromatic heterocycles. The molecule has 1 saturated heterocycles. The van der Waals surface area contributed by atoms with Crippen molar-refractivity contribution in [3.8, 4) is 0 Å². The lowest BCUT2D eigenvalue weighted by molar-refractivity contribution is -0.140. The average molecular weight is 369 g/mol. The summed E-state index contributed by atoms with van der Waals surface area (Å²) in [6.45, 7) is 15.8. The smallest absolute Gasteiger partial charge is 0.225 e. The van der Waals surface area contributed by atoms with Crippen molar-refractivity contribution in [3.63, 3.8) is 0 Å². The zero-order valence-electron chi connectivity index (χ0n) is 17.6. The Labute approximate surface area is 160 Å². The molecular weight excluding hydrogens is 328 g/mol. The second kappa shape index (κ2) is 7.80. The van der Waals surface area contributed by atoms with Gasteiger partial charge in [0, 0.05) is 25.0 Å². The van der Waals surface area contributed by atoms with E-state index in [0.29, 0.717) is 22.8 Å². The molecule has 0 aromatic carbocycles. The van der Waals surface area contributed by atoms with Crippen molar-refractivity contribution in [3.05, 3.63) is 0 Å². The number of nitrogens with one attached hydrogen (secondary N) is 1. The zero-order chi connectivity index (χ0) is 18.9. The molecule has 1 N–H and O–H groups in total. The van der Waals surface area contributed by atoms with Crippen molar-refractivity contribution in [1.29, 1.82) is 0 Å². The van der Waals surface area contributed by atoms with Gasteiger partial charge in [-0.05, 0) is 69.5 Å². The Hall–Kier alpha value is -0.220. The third-order valence-corrected chi connectivity index (χ3v) is 8.27. The lowest BCUT2D eigenvalue weighted by atomic mass is 9.63. The lowest BCUT2D eigenvalue weighted by Gasteiger charge is -2.48. The second-order valence-electron chi connectivity index (χ2n) is 10.0. The molecule has 25 heavy (non-hydrogen) atoms. The minimum Gasteiger partial charge on any atom is -0.342 e. The van der Waals surface area contributed by atoms with Gasteiger partial charge in [0.05, 0.1) is 4.87 Å². The SMILES string of the molecule is CSC(C)(C)NC1CCC(C(=O)N2CCC(C)(C(C)(C)C)CC2)CC1. The van der Waals surface area contributed by atoms with Crippen LogP contribution in [0.3, 0.4) is 0 Å². The van der Waals surface area contributed by atoms with E-state index in [1.807, 2.05) is 11.8 Å². The molecule has 1 amide bonds. The third kappa shape index (κ3) is 5.15. The van der Waals surface area contributed by atoms with Crippen LogP contribution in [0.5, 0.6) is 0 Å². The second-order valence-corrected chi connectivity index (χ2v) is 11.5. The summed E-state index contributed by atoms with van der Waals surface area (Å²) in [7, 11) is 0. The maximum absolute atomic E-state index is 13.0. The van der Waals surface area contributed by atoms with E-state index in [4.69, 9.17) is 0 Å². The van der Waals surface area contributed by atoms with Crippen LogP contribution in [0.4, 0.5) is 0 Å². The quantitative estimate of drug-likeness (QED) is 0.716. The molecule has 0 atom stereocenters. The van der Waals surface area contributed by atoms with Crippen molar-refractivity contribution in [2.24, 2.45) is 16.7 Å². The summed E-state index contributed by atoms with van der Waals surface area (Å²) in [5, 5.41) is 3.75. The Bertz CT molecular complexity index is 453. The standard InChI is InChI=1S/C21H40N2OS/c1-19(2,3)21(6)12-14-23(15-13-21)18(24)16-8-10-17(11-9-16)22-20(4,5)25-7/h16-17,22H,8-15H2,1-7H3. The first kappa shape index (κ1) is 21.1. The molecule has 0 spiro atoms. The highest BCUT2D eigenvalue weighted by atomic mass is 32.2. The van der Waals surface area contributed by atoms with Gasteiger partial charge >= 0.3 is 0 Å². The Morgan fingerprint density at radius 2 is 1.56 bits per heavy atom. The number of thioether (sulfide) groups is 1. The van der Waals surface area contributed by atoms with Crippen molar-refractivity contribution >= 4 is 17.7 Å². The van der Waals surface area contributed by atoms with Crippen LogP contribution in [-0.2, 0) is 4.79 Å². The Balaban J connectivity index is 1.82. The molecular formula is C21H40N2OS. The van der Waals surface area contributed by atoms with Gasteiger partial charge in [0.1, 0.15) is 0 Å². The van der Waals surface area contributed by atoms with Crippen LogP contribution < -0.4 is 5.32 Å². The molecule has 2 aliphatic rings. The number of carbonyl (C=O) groups is 1. The van der Waals surface area contributed by atoms with E-state index in [1.54, 1.807) is 0 Å². The van der Waals surface area contributed by atoms with Crippen molar-refractivity contribution < 1.29 is 4.79 Å². The molecule has 0 bridgehead atoms. The number of hydrogen-bond acceptors (Lipinski definition) is 3. The normalized spacial score (nSPS) is 28.0. The fourth-order valence-electron chi connectivity index (χ4n) is 4.26. The van der Waals surface area contributed by atoms with Gasteiger partial charge in [-0.2, -0.15) is 0 Å². The van der Waals surface area contributed by atoms with Gasteiger partial charge in [-0.15, -0.1) is 11.8 Å². The summed E-state index contributed by atoms with van der Waals surface area (Å²) >= 11 is 1.87. The van der Waals surface area contributed by atoms with E-state index in [1.165, 1.54) is 0 Å². The highest BCUT2D eigenvalue weighted by Gasteiger charge is 2.41. The number of carbonyl (C=O) groups excluding carboxylic acids is 1. The van der Waals surface area contributed by atoms with E-state index in [9.17, 15) is 4.79 Å². The van der Waals surface area contributed by atoms with Crippen LogP contribution >= 0.6 is 11.8 Å². The average Bonchev–Trinajstić information content (AvgIpc) is 2.54. The molecule has 3 nitrogen and oxygen atoms in total. The Kier molecular flexibility index (Phi) is 6.58. The number of rotatable bonds is 4. The van der Waals surface area contributed by atoms with Crippen LogP contribution in [0.15, 0.2) is 0 Å². The maximum atomic E-state index is 13.0. The van der Waals surface area contributed by atoms with Gasteiger partial charge in [0.15, 0.2) is 0 Å². The minimum atomic E-state index is 0.131. The molecule has 0 unspecified atom stereocenters. The van der Waals surface area contributed by atoms with E-state index in [0.717, 1.165) is 51.6 Å². The number of hydrogen-bond donors (Lipinski definition) is 1. The minimum absolute atomic E-state index is 0.131. The summed E-state index contributed by atoms with van der Waals surface area (Å²) in [5.41, 5.74) is 0.671. The number of amides is 1. The van der Waals surface area contributed by atoms with E-state index >= 15 is 0 Å². The molecule has 2 fully saturated rings. The largest absolute Gasteiger partial charge is 0.342 e. The zero-order valence-corrected chi connectivity index (χ0v) is 18.4. The summed E-state index contributed by atoms with van der Waals surface area (Å²) in [4.78, 5) is 15.3. The van der Waals surface area contributed by atoms with Gasteiger partial charge in [-0.25, -0.2) is 0 Å². The van der Waals surface area contributed by atoms with Gasteiger partial charge in [0.2, 0.25) is 5.91 Å². The first-order valence-corrected chi connectivity index (χ1v) is 11.3. The van der Waals surface area contributed by atoms with Gasteiger partial charge in [-0.3, -0.25) is 4.79 Å². The number of nitrogens with zero attached hydrogens (tertiary/aromatic N) is 1. The van der Waals surface area contributed by atoms with Crippen LogP contribution in [-0.4, -0.2) is 41.1 Å². The molecule has 1 aliphatic heterocycles. The molecule has 0 radical (unpaired) electrons. The fourth-order valence-corrected chi connectivity index (χ4v) is 4.55. The molecule has 146 valence electrons. The van der Waals surface area contributed by atoms with Crippen LogP contribution in [0.25, 0.3) is 0 Å². The van der Waals surface area contributed by atoms with E-state index < -0.39 is 0 Å². The first-order valence-electron chi connectivity index (χ1n) is 10.1.